The Morgan fingerprint density at radius 3 is 2.67 bits per heavy atom. The lowest BCUT2D eigenvalue weighted by atomic mass is 9.90. The van der Waals surface area contributed by atoms with E-state index >= 15 is 0 Å². The molecule has 100 valence electrons. The maximum atomic E-state index is 14.0. The molecule has 0 atom stereocenters. The molecule has 1 aromatic carbocycles. The van der Waals surface area contributed by atoms with Crippen molar-refractivity contribution in [3.8, 4) is 5.75 Å². The van der Waals surface area contributed by atoms with Gasteiger partial charge in [-0.2, -0.15) is 0 Å². The molecule has 0 saturated carbocycles. The van der Waals surface area contributed by atoms with Crippen molar-refractivity contribution in [2.75, 3.05) is 20.2 Å². The molecule has 1 N–H and O–H groups in total. The summed E-state index contributed by atoms with van der Waals surface area (Å²) < 4.78 is 19.3. The molecule has 0 spiro atoms. The number of hydrogen-bond acceptors (Lipinski definition) is 2. The topological polar surface area (TPSA) is 21.3 Å². The van der Waals surface area contributed by atoms with Crippen LogP contribution in [0.25, 0.3) is 0 Å². The van der Waals surface area contributed by atoms with Gasteiger partial charge >= 0.3 is 0 Å². The van der Waals surface area contributed by atoms with Crippen molar-refractivity contribution < 1.29 is 9.13 Å². The van der Waals surface area contributed by atoms with E-state index in [1.807, 2.05) is 13.0 Å². The van der Waals surface area contributed by atoms with Gasteiger partial charge in [-0.3, -0.25) is 0 Å². The summed E-state index contributed by atoms with van der Waals surface area (Å²) in [5.41, 5.74) is 1.75. The number of hydrogen-bond donors (Lipinski definition) is 1. The summed E-state index contributed by atoms with van der Waals surface area (Å²) in [4.78, 5) is 0. The minimum Gasteiger partial charge on any atom is -0.496 e. The number of ether oxygens (including phenoxy) is 1. The summed E-state index contributed by atoms with van der Waals surface area (Å²) in [6.07, 6.45) is 3.99. The van der Waals surface area contributed by atoms with E-state index < -0.39 is 0 Å². The first-order valence-electron chi connectivity index (χ1n) is 6.80. The molecule has 18 heavy (non-hydrogen) atoms. The minimum absolute atomic E-state index is 0.124. The van der Waals surface area contributed by atoms with Crippen molar-refractivity contribution in [2.24, 2.45) is 5.92 Å². The van der Waals surface area contributed by atoms with Gasteiger partial charge in [-0.15, -0.1) is 0 Å². The van der Waals surface area contributed by atoms with Crippen LogP contribution in [-0.4, -0.2) is 20.2 Å². The zero-order valence-corrected chi connectivity index (χ0v) is 11.3. The largest absolute Gasteiger partial charge is 0.496 e. The van der Waals surface area contributed by atoms with Gasteiger partial charge in [-0.1, -0.05) is 6.92 Å². The van der Waals surface area contributed by atoms with Crippen LogP contribution in [0.4, 0.5) is 4.39 Å². The van der Waals surface area contributed by atoms with Gasteiger partial charge in [0.1, 0.15) is 11.6 Å². The molecule has 0 aliphatic carbocycles. The van der Waals surface area contributed by atoms with Crippen molar-refractivity contribution >= 4 is 0 Å². The number of nitrogens with one attached hydrogen (secondary N) is 1. The van der Waals surface area contributed by atoms with E-state index in [1.54, 1.807) is 13.2 Å². The molecule has 2 rings (SSSR count). The highest BCUT2D eigenvalue weighted by Gasteiger charge is 2.16. The molecule has 1 fully saturated rings. The van der Waals surface area contributed by atoms with E-state index in [-0.39, 0.29) is 5.82 Å². The Morgan fingerprint density at radius 1 is 1.33 bits per heavy atom. The Morgan fingerprint density at radius 2 is 2.06 bits per heavy atom. The van der Waals surface area contributed by atoms with Crippen molar-refractivity contribution in [1.82, 2.24) is 5.32 Å². The van der Waals surface area contributed by atoms with E-state index in [0.717, 1.165) is 25.1 Å². The first-order valence-corrected chi connectivity index (χ1v) is 6.80. The summed E-state index contributed by atoms with van der Waals surface area (Å²) in [7, 11) is 1.61. The molecule has 0 aromatic heterocycles. The maximum absolute atomic E-state index is 14.0. The molecule has 3 heteroatoms. The lowest BCUT2D eigenvalue weighted by Crippen LogP contribution is -2.28. The molecule has 0 unspecified atom stereocenters. The van der Waals surface area contributed by atoms with E-state index in [4.69, 9.17) is 4.74 Å². The summed E-state index contributed by atoms with van der Waals surface area (Å²) in [5, 5.41) is 3.35. The minimum atomic E-state index is -0.124. The Bertz CT molecular complexity index is 400. The fourth-order valence-electron chi connectivity index (χ4n) is 2.73. The van der Waals surface area contributed by atoms with Crippen molar-refractivity contribution in [3.05, 3.63) is 29.1 Å². The number of piperidine rings is 1. The molecule has 1 aliphatic heterocycles. The highest BCUT2D eigenvalue weighted by Crippen LogP contribution is 2.27. The van der Waals surface area contributed by atoms with Crippen LogP contribution in [0.3, 0.4) is 0 Å². The Balaban J connectivity index is 2.15. The summed E-state index contributed by atoms with van der Waals surface area (Å²) in [6, 6.07) is 3.69. The fraction of sp³-hybridized carbons (Fsp3) is 0.600. The van der Waals surface area contributed by atoms with E-state index in [2.05, 4.69) is 5.32 Å². The average Bonchev–Trinajstić information content (AvgIpc) is 2.39. The fourth-order valence-corrected chi connectivity index (χ4v) is 2.73. The van der Waals surface area contributed by atoms with Crippen molar-refractivity contribution in [2.45, 2.75) is 32.6 Å². The van der Waals surface area contributed by atoms with Crippen molar-refractivity contribution in [3.63, 3.8) is 0 Å². The van der Waals surface area contributed by atoms with Crippen LogP contribution >= 0.6 is 0 Å². The molecular weight excluding hydrogens is 229 g/mol. The highest BCUT2D eigenvalue weighted by atomic mass is 19.1. The second-order valence-corrected chi connectivity index (χ2v) is 5.01. The molecule has 2 nitrogen and oxygen atoms in total. The van der Waals surface area contributed by atoms with Gasteiger partial charge in [0.25, 0.3) is 0 Å². The molecular formula is C15H22FNO. The molecule has 1 aromatic rings. The first-order chi connectivity index (χ1) is 8.74. The van der Waals surface area contributed by atoms with Crippen LogP contribution in [-0.2, 0) is 12.8 Å². The third kappa shape index (κ3) is 3.02. The zero-order valence-electron chi connectivity index (χ0n) is 11.3. The van der Waals surface area contributed by atoms with Crippen LogP contribution in [0.5, 0.6) is 5.75 Å². The predicted octanol–water partition coefficient (Wildman–Crippen LogP) is 2.94. The third-order valence-corrected chi connectivity index (χ3v) is 3.77. The van der Waals surface area contributed by atoms with Crippen LogP contribution in [0.15, 0.2) is 12.1 Å². The van der Waals surface area contributed by atoms with Crippen molar-refractivity contribution in [1.29, 1.82) is 0 Å². The van der Waals surface area contributed by atoms with Gasteiger partial charge in [-0.25, -0.2) is 4.39 Å². The smallest absolute Gasteiger partial charge is 0.130 e. The van der Waals surface area contributed by atoms with Crippen LogP contribution in [0.1, 0.15) is 30.9 Å². The number of methoxy groups -OCH3 is 1. The lowest BCUT2D eigenvalue weighted by Gasteiger charge is -2.23. The Hall–Kier alpha value is -1.09. The van der Waals surface area contributed by atoms with E-state index in [9.17, 15) is 4.39 Å². The highest BCUT2D eigenvalue weighted by molar-refractivity contribution is 5.39. The number of rotatable bonds is 4. The summed E-state index contributed by atoms with van der Waals surface area (Å²) in [6.45, 7) is 4.11. The lowest BCUT2D eigenvalue weighted by molar-refractivity contribution is 0.370. The number of halogens is 1. The van der Waals surface area contributed by atoms with Gasteiger partial charge in [0.15, 0.2) is 0 Å². The average molecular weight is 251 g/mol. The predicted molar refractivity (Wildman–Crippen MR) is 71.6 cm³/mol. The third-order valence-electron chi connectivity index (χ3n) is 3.77. The second-order valence-electron chi connectivity index (χ2n) is 5.01. The second kappa shape index (κ2) is 6.19. The zero-order chi connectivity index (χ0) is 13.0. The Labute approximate surface area is 109 Å². The quantitative estimate of drug-likeness (QED) is 0.888. The van der Waals surface area contributed by atoms with Crippen LogP contribution < -0.4 is 10.1 Å². The summed E-state index contributed by atoms with van der Waals surface area (Å²) in [5.74, 6) is 1.24. The monoisotopic (exact) mass is 251 g/mol. The van der Waals surface area contributed by atoms with Gasteiger partial charge < -0.3 is 10.1 Å². The van der Waals surface area contributed by atoms with Gasteiger partial charge in [0.05, 0.1) is 7.11 Å². The summed E-state index contributed by atoms with van der Waals surface area (Å²) >= 11 is 0. The molecule has 1 heterocycles. The van der Waals surface area contributed by atoms with E-state index in [1.165, 1.54) is 12.8 Å². The Kier molecular flexibility index (Phi) is 4.59. The van der Waals surface area contributed by atoms with E-state index in [0.29, 0.717) is 23.7 Å². The van der Waals surface area contributed by atoms with Gasteiger partial charge in [0.2, 0.25) is 0 Å². The molecule has 0 radical (unpaired) electrons. The van der Waals surface area contributed by atoms with Crippen LogP contribution in [0.2, 0.25) is 0 Å². The van der Waals surface area contributed by atoms with Crippen LogP contribution in [0, 0.1) is 11.7 Å². The molecule has 1 saturated heterocycles. The van der Waals surface area contributed by atoms with Gasteiger partial charge in [0, 0.05) is 5.56 Å². The first kappa shape index (κ1) is 13.3. The normalized spacial score (nSPS) is 16.8. The molecule has 0 bridgehead atoms. The SMILES string of the molecule is CCc1c(F)cc(CC2CCNCC2)cc1OC. The standard InChI is InChI=1S/C15H22FNO/c1-3-13-14(16)9-12(10-15(13)18-2)8-11-4-6-17-7-5-11/h9-11,17H,3-8H2,1-2H3. The maximum Gasteiger partial charge on any atom is 0.130 e. The molecule has 0 amide bonds. The number of benzene rings is 1. The van der Waals surface area contributed by atoms with Gasteiger partial charge in [-0.05, 0) is 62.4 Å². The molecule has 1 aliphatic rings.